The predicted octanol–water partition coefficient (Wildman–Crippen LogP) is 4.86. The first-order chi connectivity index (χ1) is 24.2. The molecule has 14 heteroatoms. The van der Waals surface area contributed by atoms with Crippen LogP contribution in [0.5, 0.6) is 5.75 Å². The van der Waals surface area contributed by atoms with Gasteiger partial charge in [0.15, 0.2) is 0 Å². The standard InChI is InChI=1S/C36H40F2N8O4/c1-4-25(2)45-24-40-46(35(45)47)30-8-6-28(7-9-30)42-15-17-43(18-16-42)29-10-12-31(13-11-29)48-20-32-21-49-36(50-32,22-44-23-39-26(3)41-44)33-14-5-27(37)19-34(33)38/h5-14,19,23-25,32H,4,15-18,20-22H2,1-3H3/t25?,32-,36-/m1/s1. The van der Waals surface area contributed by atoms with Gasteiger partial charge in [-0.1, -0.05) is 6.92 Å². The summed E-state index contributed by atoms with van der Waals surface area (Å²) in [5.41, 5.74) is 2.90. The molecule has 2 aliphatic heterocycles. The second-order valence-electron chi connectivity index (χ2n) is 12.7. The normalized spacial score (nSPS) is 20.0. The van der Waals surface area contributed by atoms with E-state index in [0.29, 0.717) is 11.6 Å². The zero-order valence-electron chi connectivity index (χ0n) is 28.3. The molecular formula is C36H40F2N8O4. The molecule has 0 amide bonds. The van der Waals surface area contributed by atoms with E-state index in [1.807, 2.05) is 62.4 Å². The highest BCUT2D eigenvalue weighted by Crippen LogP contribution is 2.38. The molecule has 262 valence electrons. The van der Waals surface area contributed by atoms with E-state index in [2.05, 4.69) is 25.0 Å². The van der Waals surface area contributed by atoms with Crippen molar-refractivity contribution in [2.45, 2.75) is 51.7 Å². The number of aromatic nitrogens is 6. The molecule has 0 N–H and O–H groups in total. The van der Waals surface area contributed by atoms with Gasteiger partial charge in [-0.3, -0.25) is 4.57 Å². The van der Waals surface area contributed by atoms with Crippen LogP contribution < -0.4 is 20.2 Å². The maximum absolute atomic E-state index is 15.0. The van der Waals surface area contributed by atoms with Crippen molar-refractivity contribution in [2.24, 2.45) is 0 Å². The average Bonchev–Trinajstić information content (AvgIpc) is 3.85. The van der Waals surface area contributed by atoms with Gasteiger partial charge in [0, 0.05) is 55.2 Å². The molecule has 2 aromatic heterocycles. The van der Waals surface area contributed by atoms with Gasteiger partial charge in [0.25, 0.3) is 0 Å². The Morgan fingerprint density at radius 3 is 2.22 bits per heavy atom. The number of rotatable bonds is 11. The van der Waals surface area contributed by atoms with Crippen LogP contribution in [-0.4, -0.2) is 74.6 Å². The number of aryl methyl sites for hydroxylation is 1. The first-order valence-corrected chi connectivity index (χ1v) is 16.8. The van der Waals surface area contributed by atoms with Crippen molar-refractivity contribution >= 4 is 11.4 Å². The second-order valence-corrected chi connectivity index (χ2v) is 12.7. The van der Waals surface area contributed by atoms with Crippen molar-refractivity contribution < 1.29 is 23.0 Å². The van der Waals surface area contributed by atoms with Crippen LogP contribution in [0.25, 0.3) is 5.69 Å². The van der Waals surface area contributed by atoms with Crippen LogP contribution in [0.2, 0.25) is 0 Å². The summed E-state index contributed by atoms with van der Waals surface area (Å²) in [4.78, 5) is 21.6. The number of nitrogens with zero attached hydrogens (tertiary/aromatic N) is 8. The van der Waals surface area contributed by atoms with Crippen molar-refractivity contribution in [1.29, 1.82) is 0 Å². The summed E-state index contributed by atoms with van der Waals surface area (Å²) in [6.07, 6.45) is 3.48. The Morgan fingerprint density at radius 2 is 1.60 bits per heavy atom. The number of anilines is 2. The first-order valence-electron chi connectivity index (χ1n) is 16.8. The van der Waals surface area contributed by atoms with Gasteiger partial charge in [0.2, 0.25) is 5.79 Å². The van der Waals surface area contributed by atoms with Gasteiger partial charge in [0.05, 0.1) is 12.3 Å². The van der Waals surface area contributed by atoms with E-state index >= 15 is 0 Å². The van der Waals surface area contributed by atoms with Gasteiger partial charge >= 0.3 is 5.69 Å². The molecule has 3 aromatic carbocycles. The maximum atomic E-state index is 15.0. The predicted molar refractivity (Wildman–Crippen MR) is 183 cm³/mol. The minimum Gasteiger partial charge on any atom is -0.491 e. The molecule has 0 saturated carbocycles. The third-order valence-corrected chi connectivity index (χ3v) is 9.36. The minimum atomic E-state index is -1.52. The van der Waals surface area contributed by atoms with Gasteiger partial charge < -0.3 is 24.0 Å². The monoisotopic (exact) mass is 686 g/mol. The van der Waals surface area contributed by atoms with Crippen molar-refractivity contribution in [3.63, 3.8) is 0 Å². The molecule has 0 radical (unpaired) electrons. The summed E-state index contributed by atoms with van der Waals surface area (Å²) in [5, 5.41) is 8.61. The van der Waals surface area contributed by atoms with Crippen molar-refractivity contribution in [3.05, 3.63) is 113 Å². The van der Waals surface area contributed by atoms with Gasteiger partial charge in [-0.2, -0.15) is 14.9 Å². The summed E-state index contributed by atoms with van der Waals surface area (Å²) >= 11 is 0. The van der Waals surface area contributed by atoms with Crippen LogP contribution in [0.15, 0.2) is 84.2 Å². The van der Waals surface area contributed by atoms with Crippen LogP contribution in [0.3, 0.4) is 0 Å². The Labute approximate surface area is 288 Å². The highest BCUT2D eigenvalue weighted by Gasteiger charge is 2.46. The largest absolute Gasteiger partial charge is 0.491 e. The number of hydrogen-bond acceptors (Lipinski definition) is 9. The second kappa shape index (κ2) is 14.0. The third kappa shape index (κ3) is 6.85. The van der Waals surface area contributed by atoms with Gasteiger partial charge in [-0.15, -0.1) is 0 Å². The lowest BCUT2D eigenvalue weighted by molar-refractivity contribution is -0.192. The topological polar surface area (TPSA) is 105 Å². The molecule has 2 aliphatic rings. The third-order valence-electron chi connectivity index (χ3n) is 9.36. The van der Waals surface area contributed by atoms with Crippen LogP contribution in [0, 0.1) is 18.6 Å². The van der Waals surface area contributed by atoms with E-state index in [0.717, 1.165) is 55.7 Å². The van der Waals surface area contributed by atoms with Gasteiger partial charge in [-0.25, -0.2) is 23.2 Å². The zero-order valence-corrected chi connectivity index (χ0v) is 28.3. The summed E-state index contributed by atoms with van der Waals surface area (Å²) in [7, 11) is 0. The molecule has 3 atom stereocenters. The molecule has 7 rings (SSSR count). The summed E-state index contributed by atoms with van der Waals surface area (Å²) in [6, 6.07) is 19.3. The smallest absolute Gasteiger partial charge is 0.350 e. The zero-order chi connectivity index (χ0) is 34.8. The molecule has 4 heterocycles. The van der Waals surface area contributed by atoms with E-state index in [9.17, 15) is 13.6 Å². The van der Waals surface area contributed by atoms with Gasteiger partial charge in [0.1, 0.15) is 55.1 Å². The van der Waals surface area contributed by atoms with E-state index in [1.54, 1.807) is 17.8 Å². The highest BCUT2D eigenvalue weighted by atomic mass is 19.1. The SMILES string of the molecule is CCC(C)n1cnn(-c2ccc(N3CCN(c4ccc(OC[C@@H]5CO[C@@](Cn6cnc(C)n6)(c6ccc(F)cc6F)O5)cc4)CC3)cc2)c1=O. The maximum Gasteiger partial charge on any atom is 0.350 e. The Kier molecular flexibility index (Phi) is 9.38. The Balaban J connectivity index is 0.929. The number of ether oxygens (including phenoxy) is 3. The summed E-state index contributed by atoms with van der Waals surface area (Å²) in [6.45, 7) is 9.56. The molecule has 0 aliphatic carbocycles. The Bertz CT molecular complexity index is 1970. The highest BCUT2D eigenvalue weighted by molar-refractivity contribution is 5.54. The van der Waals surface area contributed by atoms with Gasteiger partial charge in [-0.05, 0) is 80.9 Å². The van der Waals surface area contributed by atoms with E-state index in [1.165, 1.54) is 27.8 Å². The summed E-state index contributed by atoms with van der Waals surface area (Å²) < 4.78 is 51.7. The van der Waals surface area contributed by atoms with Crippen LogP contribution in [0.1, 0.15) is 37.7 Å². The first kappa shape index (κ1) is 33.4. The van der Waals surface area contributed by atoms with Crippen molar-refractivity contribution in [1.82, 2.24) is 29.1 Å². The number of piperazine rings is 1. The van der Waals surface area contributed by atoms with Crippen LogP contribution in [-0.2, 0) is 21.8 Å². The fourth-order valence-corrected chi connectivity index (χ4v) is 6.39. The molecule has 2 saturated heterocycles. The fourth-order valence-electron chi connectivity index (χ4n) is 6.39. The molecule has 12 nitrogen and oxygen atoms in total. The fraction of sp³-hybridized carbons (Fsp3) is 0.389. The van der Waals surface area contributed by atoms with Crippen LogP contribution >= 0.6 is 0 Å². The van der Waals surface area contributed by atoms with Crippen molar-refractivity contribution in [3.8, 4) is 11.4 Å². The summed E-state index contributed by atoms with van der Waals surface area (Å²) in [5.74, 6) is -1.75. The lowest BCUT2D eigenvalue weighted by atomic mass is 10.0. The molecule has 0 spiro atoms. The lowest BCUT2D eigenvalue weighted by Crippen LogP contribution is -2.46. The number of benzene rings is 3. The molecule has 2 fully saturated rings. The molecule has 5 aromatic rings. The minimum absolute atomic E-state index is 0.0340. The molecule has 0 bridgehead atoms. The van der Waals surface area contributed by atoms with E-state index in [4.69, 9.17) is 14.2 Å². The van der Waals surface area contributed by atoms with E-state index in [-0.39, 0.29) is 37.1 Å². The van der Waals surface area contributed by atoms with E-state index < -0.39 is 23.5 Å². The van der Waals surface area contributed by atoms with Crippen LogP contribution in [0.4, 0.5) is 20.2 Å². The molecule has 50 heavy (non-hydrogen) atoms. The number of hydrogen-bond donors (Lipinski definition) is 0. The average molecular weight is 687 g/mol. The number of halogens is 2. The Hall–Kier alpha value is -5.08. The lowest BCUT2D eigenvalue weighted by Gasteiger charge is -2.37. The quantitative estimate of drug-likeness (QED) is 0.193. The molecule has 1 unspecified atom stereocenters. The Morgan fingerprint density at radius 1 is 0.940 bits per heavy atom. The van der Waals surface area contributed by atoms with Crippen molar-refractivity contribution in [2.75, 3.05) is 49.2 Å². The molecular weight excluding hydrogens is 646 g/mol.